The van der Waals surface area contributed by atoms with E-state index in [1.54, 1.807) is 12.7 Å². The van der Waals surface area contributed by atoms with Gasteiger partial charge in [-0.25, -0.2) is 0 Å². The molecule has 2 rings (SSSR count). The monoisotopic (exact) mass is 440 g/mol. The maximum absolute atomic E-state index is 13.1. The first-order chi connectivity index (χ1) is 15.5. The Hall–Kier alpha value is -2.07. The zero-order chi connectivity index (χ0) is 23.3. The summed E-state index contributed by atoms with van der Waals surface area (Å²) in [6.07, 6.45) is 18.5. The molecule has 0 aromatic heterocycles. The van der Waals surface area contributed by atoms with Crippen molar-refractivity contribution in [3.8, 4) is 0 Å². The molecular weight excluding hydrogens is 396 g/mol. The van der Waals surface area contributed by atoms with Gasteiger partial charge in [0.25, 0.3) is 0 Å². The highest BCUT2D eigenvalue weighted by molar-refractivity contribution is 5.76. The van der Waals surface area contributed by atoms with Crippen LogP contribution in [-0.2, 0) is 9.53 Å². The van der Waals surface area contributed by atoms with Crippen LogP contribution in [0, 0.1) is 5.92 Å². The zero-order valence-electron chi connectivity index (χ0n) is 20.9. The van der Waals surface area contributed by atoms with Gasteiger partial charge in [0, 0.05) is 26.1 Å². The molecule has 1 saturated heterocycles. The summed E-state index contributed by atoms with van der Waals surface area (Å²) in [7, 11) is 1.67. The second-order valence-corrected chi connectivity index (χ2v) is 9.19. The third kappa shape index (κ3) is 8.82. The fraction of sp³-hybridized carbons (Fsp3) is 0.607. The molecule has 32 heavy (non-hydrogen) atoms. The fourth-order valence-electron chi connectivity index (χ4n) is 4.52. The van der Waals surface area contributed by atoms with Gasteiger partial charge in [-0.2, -0.15) is 0 Å². The van der Waals surface area contributed by atoms with Crippen LogP contribution in [0.3, 0.4) is 0 Å². The second kappa shape index (κ2) is 14.2. The molecule has 0 atom stereocenters. The standard InChI is InChI=1S/C28H44N2O2/c1-6-16-30(22-26(23(3)4)21-27(7-2)32-5)28(31)15-19-29-17-13-25(14-18-29)20-24-11-9-8-10-12-24/h7-9,11,21,25H,3,6,10,12-20,22H2,1-2,4-5H3/b26-21-,27-7+. The number of likely N-dealkylation sites (tertiary alicyclic amines) is 1. The summed E-state index contributed by atoms with van der Waals surface area (Å²) in [6, 6.07) is 0. The summed E-state index contributed by atoms with van der Waals surface area (Å²) in [6.45, 7) is 14.6. The van der Waals surface area contributed by atoms with Gasteiger partial charge in [0.15, 0.2) is 0 Å². The van der Waals surface area contributed by atoms with Crippen LogP contribution >= 0.6 is 0 Å². The van der Waals surface area contributed by atoms with E-state index in [1.165, 1.54) is 32.1 Å². The number of allylic oxidation sites excluding steroid dienone is 6. The van der Waals surface area contributed by atoms with E-state index < -0.39 is 0 Å². The van der Waals surface area contributed by atoms with E-state index in [-0.39, 0.29) is 5.91 Å². The maximum atomic E-state index is 13.1. The molecule has 1 heterocycles. The van der Waals surface area contributed by atoms with Crippen LogP contribution in [0.2, 0.25) is 0 Å². The minimum Gasteiger partial charge on any atom is -0.497 e. The number of amides is 1. The van der Waals surface area contributed by atoms with Crippen LogP contribution in [0.25, 0.3) is 0 Å². The first-order valence-electron chi connectivity index (χ1n) is 12.4. The average Bonchev–Trinajstić information content (AvgIpc) is 2.81. The van der Waals surface area contributed by atoms with Crippen LogP contribution < -0.4 is 0 Å². The third-order valence-corrected chi connectivity index (χ3v) is 6.59. The minimum absolute atomic E-state index is 0.236. The highest BCUT2D eigenvalue weighted by Crippen LogP contribution is 2.27. The van der Waals surface area contributed by atoms with Crippen molar-refractivity contribution in [2.75, 3.05) is 39.8 Å². The molecule has 0 aromatic rings. The van der Waals surface area contributed by atoms with E-state index in [1.807, 2.05) is 30.9 Å². The van der Waals surface area contributed by atoms with E-state index in [4.69, 9.17) is 4.74 Å². The summed E-state index contributed by atoms with van der Waals surface area (Å²) >= 11 is 0. The molecule has 1 amide bonds. The van der Waals surface area contributed by atoms with Crippen molar-refractivity contribution in [3.63, 3.8) is 0 Å². The Kier molecular flexibility index (Phi) is 11.6. The van der Waals surface area contributed by atoms with Gasteiger partial charge in [0.2, 0.25) is 5.91 Å². The van der Waals surface area contributed by atoms with Gasteiger partial charge in [0.1, 0.15) is 5.76 Å². The lowest BCUT2D eigenvalue weighted by Gasteiger charge is -2.33. The summed E-state index contributed by atoms with van der Waals surface area (Å²) in [5.41, 5.74) is 3.64. The SMILES string of the molecule is C=C(C)/C(=C\C(=C/C)OC)CN(CCC)C(=O)CCN1CCC(CC2=CC=CCC2)CC1. The first kappa shape index (κ1) is 26.2. The number of carbonyl (C=O) groups is 1. The van der Waals surface area contributed by atoms with E-state index in [9.17, 15) is 4.79 Å². The Morgan fingerprint density at radius 3 is 2.66 bits per heavy atom. The van der Waals surface area contributed by atoms with Crippen molar-refractivity contribution in [3.05, 3.63) is 59.4 Å². The van der Waals surface area contributed by atoms with Gasteiger partial charge in [0.05, 0.1) is 7.11 Å². The lowest BCUT2D eigenvalue weighted by atomic mass is 9.87. The lowest BCUT2D eigenvalue weighted by molar-refractivity contribution is -0.131. The van der Waals surface area contributed by atoms with Crippen molar-refractivity contribution in [1.82, 2.24) is 9.80 Å². The van der Waals surface area contributed by atoms with Gasteiger partial charge < -0.3 is 14.5 Å². The van der Waals surface area contributed by atoms with Crippen molar-refractivity contribution in [1.29, 1.82) is 0 Å². The van der Waals surface area contributed by atoms with Crippen molar-refractivity contribution in [2.24, 2.45) is 5.92 Å². The average molecular weight is 441 g/mol. The number of rotatable bonds is 12. The normalized spacial score (nSPS) is 18.4. The largest absolute Gasteiger partial charge is 0.497 e. The molecule has 4 nitrogen and oxygen atoms in total. The van der Waals surface area contributed by atoms with Gasteiger partial charge >= 0.3 is 0 Å². The van der Waals surface area contributed by atoms with Crippen LogP contribution in [0.4, 0.5) is 0 Å². The molecule has 0 saturated carbocycles. The number of piperidine rings is 1. The summed E-state index contributed by atoms with van der Waals surface area (Å²) in [4.78, 5) is 17.5. The Labute approximate surface area is 196 Å². The quantitative estimate of drug-likeness (QED) is 0.274. The molecule has 0 N–H and O–H groups in total. The molecule has 0 bridgehead atoms. The molecule has 0 spiro atoms. The number of ether oxygens (including phenoxy) is 1. The molecular formula is C28H44N2O2. The molecule has 1 aliphatic carbocycles. The van der Waals surface area contributed by atoms with Crippen molar-refractivity contribution in [2.45, 2.75) is 65.7 Å². The summed E-state index contributed by atoms with van der Waals surface area (Å²) in [5.74, 6) is 1.84. The highest BCUT2D eigenvalue weighted by Gasteiger charge is 2.22. The molecule has 178 valence electrons. The van der Waals surface area contributed by atoms with E-state index in [2.05, 4.69) is 36.6 Å². The number of nitrogens with zero attached hydrogens (tertiary/aromatic N) is 2. The zero-order valence-corrected chi connectivity index (χ0v) is 20.9. The Morgan fingerprint density at radius 2 is 2.09 bits per heavy atom. The smallest absolute Gasteiger partial charge is 0.224 e. The molecule has 0 aromatic carbocycles. The molecule has 1 aliphatic heterocycles. The van der Waals surface area contributed by atoms with Crippen LogP contribution in [0.5, 0.6) is 0 Å². The number of hydrogen-bond donors (Lipinski definition) is 0. The lowest BCUT2D eigenvalue weighted by Crippen LogP contribution is -2.39. The molecule has 0 radical (unpaired) electrons. The molecule has 4 heteroatoms. The van der Waals surface area contributed by atoms with E-state index in [0.29, 0.717) is 13.0 Å². The second-order valence-electron chi connectivity index (χ2n) is 9.19. The molecule has 2 aliphatic rings. The topological polar surface area (TPSA) is 32.8 Å². The predicted molar refractivity (Wildman–Crippen MR) is 135 cm³/mol. The van der Waals surface area contributed by atoms with Crippen LogP contribution in [0.1, 0.15) is 65.7 Å². The Balaban J connectivity index is 1.84. The predicted octanol–water partition coefficient (Wildman–Crippen LogP) is 6.05. The Morgan fingerprint density at radius 1 is 1.34 bits per heavy atom. The Bertz CT molecular complexity index is 737. The number of methoxy groups -OCH3 is 1. The van der Waals surface area contributed by atoms with Crippen molar-refractivity contribution >= 4 is 5.91 Å². The van der Waals surface area contributed by atoms with Crippen LogP contribution in [-0.4, -0.2) is 55.5 Å². The van der Waals surface area contributed by atoms with E-state index in [0.717, 1.165) is 55.4 Å². The highest BCUT2D eigenvalue weighted by atomic mass is 16.5. The van der Waals surface area contributed by atoms with Gasteiger partial charge in [-0.05, 0) is 89.1 Å². The van der Waals surface area contributed by atoms with Gasteiger partial charge in [-0.1, -0.05) is 42.9 Å². The summed E-state index contributed by atoms with van der Waals surface area (Å²) in [5, 5.41) is 0. The van der Waals surface area contributed by atoms with Crippen molar-refractivity contribution < 1.29 is 9.53 Å². The maximum Gasteiger partial charge on any atom is 0.224 e. The minimum atomic E-state index is 0.236. The number of carbonyl (C=O) groups excluding carboxylic acids is 1. The third-order valence-electron chi connectivity index (χ3n) is 6.59. The van der Waals surface area contributed by atoms with Gasteiger partial charge in [-0.15, -0.1) is 0 Å². The van der Waals surface area contributed by atoms with Gasteiger partial charge in [-0.3, -0.25) is 4.79 Å². The summed E-state index contributed by atoms with van der Waals surface area (Å²) < 4.78 is 5.39. The first-order valence-corrected chi connectivity index (χ1v) is 12.4. The molecule has 1 fully saturated rings. The van der Waals surface area contributed by atoms with E-state index >= 15 is 0 Å². The van der Waals surface area contributed by atoms with Crippen LogP contribution in [0.15, 0.2) is 59.4 Å². The molecule has 0 unspecified atom stereocenters. The number of hydrogen-bond acceptors (Lipinski definition) is 3. The fourth-order valence-corrected chi connectivity index (χ4v) is 4.52.